The van der Waals surface area contributed by atoms with Crippen LogP contribution in [0.1, 0.15) is 35.0 Å². The van der Waals surface area contributed by atoms with Crippen molar-refractivity contribution in [1.29, 1.82) is 0 Å². The number of rotatable bonds is 5. The van der Waals surface area contributed by atoms with Crippen molar-refractivity contribution in [2.45, 2.75) is 32.3 Å². The van der Waals surface area contributed by atoms with Crippen LogP contribution in [-0.4, -0.2) is 21.6 Å². The molecule has 1 heterocycles. The van der Waals surface area contributed by atoms with Gasteiger partial charge < -0.3 is 5.32 Å². The first-order valence-electron chi connectivity index (χ1n) is 7.05. The SMILES string of the molecule is CCCSc1ncc(Cl)c(C(=O)Nc2ccc(C)cc2C)n1. The van der Waals surface area contributed by atoms with Gasteiger partial charge in [0.15, 0.2) is 10.9 Å². The largest absolute Gasteiger partial charge is 0.320 e. The van der Waals surface area contributed by atoms with Gasteiger partial charge in [0.25, 0.3) is 5.91 Å². The van der Waals surface area contributed by atoms with Crippen LogP contribution in [-0.2, 0) is 0 Å². The van der Waals surface area contributed by atoms with Crippen molar-refractivity contribution in [3.63, 3.8) is 0 Å². The number of carbonyl (C=O) groups is 1. The lowest BCUT2D eigenvalue weighted by molar-refractivity contribution is 0.102. The van der Waals surface area contributed by atoms with Gasteiger partial charge in [0, 0.05) is 11.4 Å². The number of aromatic nitrogens is 2. The highest BCUT2D eigenvalue weighted by Gasteiger charge is 2.15. The van der Waals surface area contributed by atoms with Crippen LogP contribution >= 0.6 is 23.4 Å². The second-order valence-electron chi connectivity index (χ2n) is 4.97. The molecule has 0 aliphatic rings. The zero-order valence-corrected chi connectivity index (χ0v) is 14.4. The molecule has 0 radical (unpaired) electrons. The summed E-state index contributed by atoms with van der Waals surface area (Å²) in [5, 5.41) is 3.67. The molecule has 2 rings (SSSR count). The molecule has 1 amide bonds. The number of hydrogen-bond acceptors (Lipinski definition) is 4. The number of aryl methyl sites for hydroxylation is 2. The summed E-state index contributed by atoms with van der Waals surface area (Å²) in [6.45, 7) is 6.04. The molecule has 0 saturated heterocycles. The number of halogens is 1. The van der Waals surface area contributed by atoms with Gasteiger partial charge in [0.05, 0.1) is 11.2 Å². The maximum atomic E-state index is 12.4. The highest BCUT2D eigenvalue weighted by atomic mass is 35.5. The van der Waals surface area contributed by atoms with Crippen LogP contribution in [0.4, 0.5) is 5.69 Å². The van der Waals surface area contributed by atoms with E-state index in [4.69, 9.17) is 11.6 Å². The third-order valence-corrected chi connectivity index (χ3v) is 4.35. The van der Waals surface area contributed by atoms with E-state index in [1.807, 2.05) is 32.0 Å². The van der Waals surface area contributed by atoms with Gasteiger partial charge in [0.2, 0.25) is 0 Å². The molecule has 1 N–H and O–H groups in total. The second kappa shape index (κ2) is 7.61. The third kappa shape index (κ3) is 4.21. The Bertz CT molecular complexity index is 691. The molecule has 1 aromatic heterocycles. The van der Waals surface area contributed by atoms with Gasteiger partial charge in [-0.15, -0.1) is 0 Å². The Morgan fingerprint density at radius 1 is 1.36 bits per heavy atom. The van der Waals surface area contributed by atoms with Crippen molar-refractivity contribution in [2.75, 3.05) is 11.1 Å². The van der Waals surface area contributed by atoms with E-state index in [9.17, 15) is 4.79 Å². The van der Waals surface area contributed by atoms with Crippen LogP contribution in [0.15, 0.2) is 29.6 Å². The van der Waals surface area contributed by atoms with Crippen molar-refractivity contribution in [1.82, 2.24) is 9.97 Å². The molecule has 116 valence electrons. The number of carbonyl (C=O) groups excluding carboxylic acids is 1. The lowest BCUT2D eigenvalue weighted by Crippen LogP contribution is -2.16. The Kier molecular flexibility index (Phi) is 5.80. The van der Waals surface area contributed by atoms with E-state index >= 15 is 0 Å². The van der Waals surface area contributed by atoms with Gasteiger partial charge in [-0.2, -0.15) is 0 Å². The fraction of sp³-hybridized carbons (Fsp3) is 0.312. The van der Waals surface area contributed by atoms with Crippen LogP contribution in [0.5, 0.6) is 0 Å². The first-order valence-corrected chi connectivity index (χ1v) is 8.41. The first-order chi connectivity index (χ1) is 10.5. The number of nitrogens with one attached hydrogen (secondary N) is 1. The number of nitrogens with zero attached hydrogens (tertiary/aromatic N) is 2. The molecule has 1 aromatic carbocycles. The lowest BCUT2D eigenvalue weighted by Gasteiger charge is -2.10. The Morgan fingerprint density at radius 2 is 2.14 bits per heavy atom. The van der Waals surface area contributed by atoms with Gasteiger partial charge in [-0.3, -0.25) is 4.79 Å². The molecule has 2 aromatic rings. The summed E-state index contributed by atoms with van der Waals surface area (Å²) in [5.41, 5.74) is 3.11. The Balaban J connectivity index is 2.21. The fourth-order valence-corrected chi connectivity index (χ4v) is 2.76. The molecule has 0 spiro atoms. The van der Waals surface area contributed by atoms with E-state index < -0.39 is 0 Å². The first kappa shape index (κ1) is 16.8. The molecule has 0 unspecified atom stereocenters. The number of benzene rings is 1. The van der Waals surface area contributed by atoms with Crippen molar-refractivity contribution >= 4 is 35.0 Å². The van der Waals surface area contributed by atoms with E-state index in [1.165, 1.54) is 18.0 Å². The van der Waals surface area contributed by atoms with Crippen LogP contribution in [0.2, 0.25) is 5.02 Å². The maximum Gasteiger partial charge on any atom is 0.275 e. The Morgan fingerprint density at radius 3 is 2.82 bits per heavy atom. The van der Waals surface area contributed by atoms with E-state index in [-0.39, 0.29) is 16.6 Å². The number of thioether (sulfide) groups is 1. The minimum Gasteiger partial charge on any atom is -0.320 e. The van der Waals surface area contributed by atoms with Crippen LogP contribution in [0, 0.1) is 13.8 Å². The normalized spacial score (nSPS) is 10.5. The monoisotopic (exact) mass is 335 g/mol. The molecule has 0 atom stereocenters. The average molecular weight is 336 g/mol. The molecule has 0 fully saturated rings. The van der Waals surface area contributed by atoms with E-state index in [1.54, 1.807) is 0 Å². The summed E-state index contributed by atoms with van der Waals surface area (Å²) < 4.78 is 0. The average Bonchev–Trinajstić information content (AvgIpc) is 2.49. The highest BCUT2D eigenvalue weighted by Crippen LogP contribution is 2.21. The molecule has 22 heavy (non-hydrogen) atoms. The van der Waals surface area contributed by atoms with E-state index in [0.29, 0.717) is 5.16 Å². The molecule has 0 aliphatic carbocycles. The highest BCUT2D eigenvalue weighted by molar-refractivity contribution is 7.99. The summed E-state index contributed by atoms with van der Waals surface area (Å²) >= 11 is 7.57. The molecule has 4 nitrogen and oxygen atoms in total. The minimum absolute atomic E-state index is 0.204. The third-order valence-electron chi connectivity index (χ3n) is 3.00. The smallest absolute Gasteiger partial charge is 0.275 e. The Hall–Kier alpha value is -1.59. The van der Waals surface area contributed by atoms with Crippen molar-refractivity contribution in [3.8, 4) is 0 Å². The summed E-state index contributed by atoms with van der Waals surface area (Å²) in [6, 6.07) is 5.84. The van der Waals surface area contributed by atoms with Crippen LogP contribution < -0.4 is 5.32 Å². The number of anilines is 1. The fourth-order valence-electron chi connectivity index (χ4n) is 1.91. The van der Waals surface area contributed by atoms with E-state index in [0.717, 1.165) is 29.0 Å². The Labute approximate surface area is 139 Å². The van der Waals surface area contributed by atoms with Crippen LogP contribution in [0.3, 0.4) is 0 Å². The van der Waals surface area contributed by atoms with Gasteiger partial charge in [-0.25, -0.2) is 9.97 Å². The molecular formula is C16H18ClN3OS. The van der Waals surface area contributed by atoms with Crippen molar-refractivity contribution in [3.05, 3.63) is 46.2 Å². The number of amides is 1. The zero-order chi connectivity index (χ0) is 16.1. The quantitative estimate of drug-likeness (QED) is 0.645. The molecule has 6 heteroatoms. The number of hydrogen-bond donors (Lipinski definition) is 1. The lowest BCUT2D eigenvalue weighted by atomic mass is 10.1. The van der Waals surface area contributed by atoms with E-state index in [2.05, 4.69) is 22.2 Å². The molecule has 0 saturated carbocycles. The molecular weight excluding hydrogens is 318 g/mol. The summed E-state index contributed by atoms with van der Waals surface area (Å²) in [6.07, 6.45) is 2.49. The maximum absolute atomic E-state index is 12.4. The minimum atomic E-state index is -0.322. The van der Waals surface area contributed by atoms with Crippen LogP contribution in [0.25, 0.3) is 0 Å². The standard InChI is InChI=1S/C16H18ClN3OS/c1-4-7-22-16-18-9-12(17)14(20-16)15(21)19-13-6-5-10(2)8-11(13)3/h5-6,8-9H,4,7H2,1-3H3,(H,19,21). The van der Waals surface area contributed by atoms with Crippen molar-refractivity contribution < 1.29 is 4.79 Å². The zero-order valence-electron chi connectivity index (χ0n) is 12.8. The second-order valence-corrected chi connectivity index (χ2v) is 6.44. The topological polar surface area (TPSA) is 54.9 Å². The van der Waals surface area contributed by atoms with Crippen molar-refractivity contribution in [2.24, 2.45) is 0 Å². The molecule has 0 bridgehead atoms. The molecule has 0 aliphatic heterocycles. The van der Waals surface area contributed by atoms with Gasteiger partial charge in [-0.1, -0.05) is 48.0 Å². The van der Waals surface area contributed by atoms with Gasteiger partial charge in [-0.05, 0) is 31.9 Å². The van der Waals surface area contributed by atoms with Gasteiger partial charge >= 0.3 is 0 Å². The summed E-state index contributed by atoms with van der Waals surface area (Å²) in [4.78, 5) is 20.8. The summed E-state index contributed by atoms with van der Waals surface area (Å²) in [5.74, 6) is 0.581. The predicted octanol–water partition coefficient (Wildman–Crippen LogP) is 4.50. The van der Waals surface area contributed by atoms with Gasteiger partial charge in [0.1, 0.15) is 0 Å². The predicted molar refractivity (Wildman–Crippen MR) is 91.9 cm³/mol. The summed E-state index contributed by atoms with van der Waals surface area (Å²) in [7, 11) is 0.